The predicted octanol–water partition coefficient (Wildman–Crippen LogP) is 3.14. The summed E-state index contributed by atoms with van der Waals surface area (Å²) in [5.74, 6) is -0.369. The zero-order chi connectivity index (χ0) is 21.8. The van der Waals surface area contributed by atoms with Gasteiger partial charge in [-0.25, -0.2) is 9.38 Å². The largest absolute Gasteiger partial charge is 0.294 e. The summed E-state index contributed by atoms with van der Waals surface area (Å²) in [6, 6.07) is 9.06. The lowest BCUT2D eigenvalue weighted by molar-refractivity contribution is -0.118. The smallest absolute Gasteiger partial charge is 0.271 e. The van der Waals surface area contributed by atoms with Gasteiger partial charge < -0.3 is 0 Å². The van der Waals surface area contributed by atoms with E-state index in [0.717, 1.165) is 11.3 Å². The first-order chi connectivity index (χ1) is 14.8. The van der Waals surface area contributed by atoms with Crippen molar-refractivity contribution in [3.63, 3.8) is 0 Å². The van der Waals surface area contributed by atoms with Gasteiger partial charge in [-0.1, -0.05) is 37.3 Å². The van der Waals surface area contributed by atoms with Crippen LogP contribution >= 0.6 is 11.3 Å². The van der Waals surface area contributed by atoms with E-state index in [1.54, 1.807) is 29.1 Å². The van der Waals surface area contributed by atoms with Crippen molar-refractivity contribution in [2.24, 2.45) is 10.4 Å². The molecule has 3 aromatic rings. The van der Waals surface area contributed by atoms with Crippen LogP contribution in [0.25, 0.3) is 6.08 Å². The zero-order valence-electron chi connectivity index (χ0n) is 17.1. The van der Waals surface area contributed by atoms with Gasteiger partial charge in [-0.05, 0) is 53.3 Å². The van der Waals surface area contributed by atoms with Crippen LogP contribution in [0, 0.1) is 11.2 Å². The fourth-order valence-corrected chi connectivity index (χ4v) is 5.34. The molecule has 0 radical (unpaired) electrons. The van der Waals surface area contributed by atoms with Crippen LogP contribution in [-0.4, -0.2) is 15.3 Å². The lowest BCUT2D eigenvalue weighted by Gasteiger charge is -2.35. The fraction of sp³-hybridized carbons (Fsp3) is 0.250. The molecule has 2 aliphatic rings. The summed E-state index contributed by atoms with van der Waals surface area (Å²) >= 11 is 1.30. The van der Waals surface area contributed by atoms with E-state index in [2.05, 4.69) is 18.8 Å². The highest BCUT2D eigenvalue weighted by molar-refractivity contribution is 7.07. The Balaban J connectivity index is 1.78. The minimum atomic E-state index is -0.602. The van der Waals surface area contributed by atoms with Gasteiger partial charge in [0.1, 0.15) is 5.82 Å². The van der Waals surface area contributed by atoms with Gasteiger partial charge in [0, 0.05) is 24.4 Å². The number of hydrogen-bond acceptors (Lipinski definition) is 5. The Morgan fingerprint density at radius 2 is 1.81 bits per heavy atom. The van der Waals surface area contributed by atoms with E-state index in [1.807, 2.05) is 18.2 Å². The molecule has 1 aliphatic carbocycles. The number of hydrogen-bond donors (Lipinski definition) is 0. The number of carbonyl (C=O) groups excluding carboxylic acids is 1. The molecule has 7 heteroatoms. The summed E-state index contributed by atoms with van der Waals surface area (Å²) in [7, 11) is 0. The van der Waals surface area contributed by atoms with Gasteiger partial charge in [-0.3, -0.25) is 19.1 Å². The molecule has 0 spiro atoms. The number of thiazole rings is 1. The van der Waals surface area contributed by atoms with Gasteiger partial charge in [0.25, 0.3) is 5.56 Å². The van der Waals surface area contributed by atoms with Gasteiger partial charge in [0.2, 0.25) is 0 Å². The Morgan fingerprint density at radius 1 is 1.10 bits per heavy atom. The van der Waals surface area contributed by atoms with Crippen LogP contribution in [0.1, 0.15) is 43.9 Å². The second-order valence-corrected chi connectivity index (χ2v) is 9.73. The number of allylic oxidation sites excluding steroid dienone is 2. The number of aromatic nitrogens is 2. The van der Waals surface area contributed by atoms with Gasteiger partial charge in [-0.2, -0.15) is 0 Å². The molecule has 0 amide bonds. The molecule has 1 aromatic carbocycles. The third-order valence-electron chi connectivity index (χ3n) is 5.69. The molecule has 0 fully saturated rings. The molecule has 156 valence electrons. The summed E-state index contributed by atoms with van der Waals surface area (Å²) in [4.78, 5) is 36.0. The van der Waals surface area contributed by atoms with Crippen LogP contribution < -0.4 is 14.9 Å². The number of pyridine rings is 1. The maximum Gasteiger partial charge on any atom is 0.271 e. The lowest BCUT2D eigenvalue weighted by atomic mass is 9.73. The number of ketones is 1. The summed E-state index contributed by atoms with van der Waals surface area (Å²) in [5, 5.41) is 0. The monoisotopic (exact) mass is 433 g/mol. The molecule has 3 heterocycles. The highest BCUT2D eigenvalue weighted by atomic mass is 32.1. The Morgan fingerprint density at radius 3 is 2.52 bits per heavy atom. The SMILES string of the molecule is CC1(C)CC(=O)C2=C(C1)N=c1sc(=Cc3ccncc3)c(=O)n1C2c1ccc(F)cc1. The molecule has 1 atom stereocenters. The fourth-order valence-electron chi connectivity index (χ4n) is 4.32. The molecular formula is C24H20FN3O2S. The van der Waals surface area contributed by atoms with Crippen LogP contribution in [0.15, 0.2) is 69.8 Å². The second kappa shape index (κ2) is 7.20. The quantitative estimate of drug-likeness (QED) is 0.624. The summed E-state index contributed by atoms with van der Waals surface area (Å²) in [6.07, 6.45) is 6.19. The molecule has 0 bridgehead atoms. The summed E-state index contributed by atoms with van der Waals surface area (Å²) in [6.45, 7) is 4.10. The minimum absolute atomic E-state index is 0.00672. The molecule has 0 N–H and O–H groups in total. The highest BCUT2D eigenvalue weighted by Gasteiger charge is 2.40. The zero-order valence-corrected chi connectivity index (χ0v) is 17.9. The van der Waals surface area contributed by atoms with Gasteiger partial charge in [-0.15, -0.1) is 0 Å². The average Bonchev–Trinajstić information content (AvgIpc) is 3.02. The standard InChI is InChI=1S/C24H20FN3O2S/c1-24(2)12-17-20(18(29)13-24)21(15-3-5-16(25)6-4-15)28-22(30)19(31-23(28)27-17)11-14-7-9-26-10-8-14/h3-11,21H,12-13H2,1-2H3. The normalized spacial score (nSPS) is 20.3. The topological polar surface area (TPSA) is 64.3 Å². The van der Waals surface area contributed by atoms with Crippen LogP contribution in [0.5, 0.6) is 0 Å². The Bertz CT molecular complexity index is 1400. The molecule has 2 aromatic heterocycles. The number of fused-ring (bicyclic) bond motifs is 1. The molecule has 0 saturated carbocycles. The van der Waals surface area contributed by atoms with Crippen LogP contribution in [0.4, 0.5) is 4.39 Å². The number of carbonyl (C=O) groups is 1. The minimum Gasteiger partial charge on any atom is -0.294 e. The average molecular weight is 434 g/mol. The number of benzene rings is 1. The van der Waals surface area contributed by atoms with Crippen molar-refractivity contribution in [2.75, 3.05) is 0 Å². The van der Waals surface area contributed by atoms with Crippen LogP contribution in [-0.2, 0) is 4.79 Å². The third kappa shape index (κ3) is 3.49. The van der Waals surface area contributed by atoms with E-state index < -0.39 is 6.04 Å². The molecule has 1 aliphatic heterocycles. The highest BCUT2D eigenvalue weighted by Crippen LogP contribution is 2.43. The van der Waals surface area contributed by atoms with Crippen molar-refractivity contribution in [2.45, 2.75) is 32.7 Å². The van der Waals surface area contributed by atoms with E-state index in [1.165, 1.54) is 23.5 Å². The Kier molecular flexibility index (Phi) is 4.59. The Hall–Kier alpha value is -3.19. The van der Waals surface area contributed by atoms with E-state index in [-0.39, 0.29) is 22.6 Å². The number of nitrogens with zero attached hydrogens (tertiary/aromatic N) is 3. The number of halogens is 1. The van der Waals surface area contributed by atoms with Crippen molar-refractivity contribution in [3.05, 3.63) is 96.7 Å². The molecular weight excluding hydrogens is 413 g/mol. The Labute approximate surface area is 181 Å². The maximum atomic E-state index is 13.6. The number of Topliss-reactive ketones (excluding diaryl/α,β-unsaturated/α-hetero) is 1. The van der Waals surface area contributed by atoms with Crippen molar-refractivity contribution in [3.8, 4) is 0 Å². The van der Waals surface area contributed by atoms with Crippen molar-refractivity contribution in [1.29, 1.82) is 0 Å². The van der Waals surface area contributed by atoms with Crippen molar-refractivity contribution < 1.29 is 9.18 Å². The van der Waals surface area contributed by atoms with E-state index >= 15 is 0 Å². The second-order valence-electron chi connectivity index (χ2n) is 8.72. The van der Waals surface area contributed by atoms with E-state index in [0.29, 0.717) is 33.3 Å². The molecule has 0 saturated heterocycles. The summed E-state index contributed by atoms with van der Waals surface area (Å²) in [5.41, 5.74) is 2.44. The predicted molar refractivity (Wildman–Crippen MR) is 117 cm³/mol. The van der Waals surface area contributed by atoms with E-state index in [4.69, 9.17) is 4.99 Å². The number of rotatable bonds is 2. The van der Waals surface area contributed by atoms with Crippen molar-refractivity contribution >= 4 is 23.2 Å². The first kappa shape index (κ1) is 19.8. The van der Waals surface area contributed by atoms with Crippen molar-refractivity contribution in [1.82, 2.24) is 9.55 Å². The van der Waals surface area contributed by atoms with Gasteiger partial charge in [0.15, 0.2) is 10.6 Å². The third-order valence-corrected chi connectivity index (χ3v) is 6.67. The van der Waals surface area contributed by atoms with Gasteiger partial charge in [0.05, 0.1) is 16.3 Å². The molecule has 5 nitrogen and oxygen atoms in total. The van der Waals surface area contributed by atoms with E-state index in [9.17, 15) is 14.0 Å². The molecule has 5 rings (SSSR count). The first-order valence-electron chi connectivity index (χ1n) is 10.1. The first-order valence-corrected chi connectivity index (χ1v) is 10.9. The molecule has 31 heavy (non-hydrogen) atoms. The summed E-state index contributed by atoms with van der Waals surface area (Å²) < 4.78 is 15.7. The maximum absolute atomic E-state index is 13.6. The van der Waals surface area contributed by atoms with Crippen LogP contribution in [0.2, 0.25) is 0 Å². The lowest BCUT2D eigenvalue weighted by Crippen LogP contribution is -2.42. The van der Waals surface area contributed by atoms with Gasteiger partial charge >= 0.3 is 0 Å². The van der Waals surface area contributed by atoms with Crippen LogP contribution in [0.3, 0.4) is 0 Å². The molecule has 1 unspecified atom stereocenters.